The Morgan fingerprint density at radius 1 is 0.423 bits per heavy atom. The molecule has 0 aromatic rings. The average Bonchev–Trinajstić information content (AvgIpc) is 3.37. The van der Waals surface area contributed by atoms with E-state index in [1.807, 2.05) is 0 Å². The summed E-state index contributed by atoms with van der Waals surface area (Å²) in [6, 6.07) is -0.714. The molecule has 1 aliphatic rings. The van der Waals surface area contributed by atoms with Gasteiger partial charge in [0, 0.05) is 6.42 Å². The van der Waals surface area contributed by atoms with E-state index in [-0.39, 0.29) is 12.5 Å². The highest BCUT2D eigenvalue weighted by Crippen LogP contribution is 2.24. The van der Waals surface area contributed by atoms with Crippen LogP contribution in [-0.2, 0) is 14.3 Å². The molecule has 0 radical (unpaired) electrons. The zero-order chi connectivity index (χ0) is 51.5. The zero-order valence-electron chi connectivity index (χ0n) is 47.3. The lowest BCUT2D eigenvalue weighted by molar-refractivity contribution is -0.302. The van der Waals surface area contributed by atoms with Crippen molar-refractivity contribution in [3.8, 4) is 0 Å². The smallest absolute Gasteiger partial charge is 0.220 e. The number of nitrogens with one attached hydrogen (secondary N) is 1. The molecular weight excluding hydrogens is 887 g/mol. The lowest BCUT2D eigenvalue weighted by Crippen LogP contribution is -2.60. The fourth-order valence-corrected chi connectivity index (χ4v) is 10.7. The zero-order valence-corrected chi connectivity index (χ0v) is 47.3. The SMILES string of the molecule is CCCCCCCCCCCCCCCCCCCCCCCCCCCCCCCC(O)C(COC1OC(CO)C(O)C(O)C1O)NC(=O)CCCCCCCCCCCCCCCCCCCCC. The van der Waals surface area contributed by atoms with E-state index < -0.39 is 49.5 Å². The van der Waals surface area contributed by atoms with Gasteiger partial charge in [-0.25, -0.2) is 0 Å². The van der Waals surface area contributed by atoms with Crippen molar-refractivity contribution in [1.82, 2.24) is 5.32 Å². The predicted octanol–water partition coefficient (Wildman–Crippen LogP) is 16.2. The lowest BCUT2D eigenvalue weighted by Gasteiger charge is -2.40. The van der Waals surface area contributed by atoms with Gasteiger partial charge < -0.3 is 40.3 Å². The molecule has 0 aliphatic carbocycles. The second kappa shape index (κ2) is 52.6. The number of hydrogen-bond acceptors (Lipinski definition) is 8. The van der Waals surface area contributed by atoms with Gasteiger partial charge in [0.05, 0.1) is 25.4 Å². The number of rotatable bonds is 56. The van der Waals surface area contributed by atoms with Gasteiger partial charge in [-0.3, -0.25) is 4.79 Å². The lowest BCUT2D eigenvalue weighted by atomic mass is 9.99. The predicted molar refractivity (Wildman–Crippen MR) is 300 cm³/mol. The van der Waals surface area contributed by atoms with Gasteiger partial charge in [-0.05, 0) is 12.8 Å². The molecule has 1 aliphatic heterocycles. The Labute approximate surface area is 440 Å². The molecule has 0 aromatic heterocycles. The molecule has 0 aromatic carbocycles. The van der Waals surface area contributed by atoms with Crippen molar-refractivity contribution in [3.05, 3.63) is 0 Å². The van der Waals surface area contributed by atoms with Gasteiger partial charge in [0.15, 0.2) is 6.29 Å². The van der Waals surface area contributed by atoms with Crippen LogP contribution >= 0.6 is 0 Å². The Balaban J connectivity index is 2.13. The number of carbonyl (C=O) groups is 1. The first kappa shape index (κ1) is 68.2. The number of aliphatic hydroxyl groups excluding tert-OH is 5. The van der Waals surface area contributed by atoms with Gasteiger partial charge in [0.25, 0.3) is 0 Å². The minimum Gasteiger partial charge on any atom is -0.394 e. The van der Waals surface area contributed by atoms with Crippen LogP contribution in [0.1, 0.15) is 335 Å². The number of carbonyl (C=O) groups excluding carboxylic acids is 1. The maximum Gasteiger partial charge on any atom is 0.220 e. The summed E-state index contributed by atoms with van der Waals surface area (Å²) in [6.45, 7) is 3.90. The third-order valence-electron chi connectivity index (χ3n) is 15.7. The van der Waals surface area contributed by atoms with Crippen molar-refractivity contribution in [2.45, 2.75) is 378 Å². The van der Waals surface area contributed by atoms with Gasteiger partial charge in [-0.2, -0.15) is 0 Å². The maximum atomic E-state index is 13.1. The van der Waals surface area contributed by atoms with Crippen LogP contribution in [0.5, 0.6) is 0 Å². The summed E-state index contributed by atoms with van der Waals surface area (Å²) in [5.41, 5.74) is 0. The first-order valence-corrected chi connectivity index (χ1v) is 31.7. The molecule has 9 nitrogen and oxygen atoms in total. The van der Waals surface area contributed by atoms with Crippen LogP contribution in [0.15, 0.2) is 0 Å². The highest BCUT2D eigenvalue weighted by atomic mass is 16.7. The van der Waals surface area contributed by atoms with E-state index in [9.17, 15) is 30.3 Å². The molecule has 1 rings (SSSR count). The molecule has 9 heteroatoms. The second-order valence-electron chi connectivity index (χ2n) is 22.6. The summed E-state index contributed by atoms with van der Waals surface area (Å²) < 4.78 is 11.3. The summed E-state index contributed by atoms with van der Waals surface area (Å²) >= 11 is 0. The second-order valence-corrected chi connectivity index (χ2v) is 22.6. The number of hydrogen-bond donors (Lipinski definition) is 6. The summed E-state index contributed by atoms with van der Waals surface area (Å²) in [6.07, 6.45) is 57.2. The minimum atomic E-state index is -1.55. The van der Waals surface area contributed by atoms with E-state index in [1.54, 1.807) is 0 Å². The van der Waals surface area contributed by atoms with Crippen LogP contribution in [-0.4, -0.2) is 87.5 Å². The average molecular weight is 1010 g/mol. The first-order valence-electron chi connectivity index (χ1n) is 31.7. The van der Waals surface area contributed by atoms with Gasteiger partial charge in [0.1, 0.15) is 24.4 Å². The van der Waals surface area contributed by atoms with Crippen LogP contribution < -0.4 is 5.32 Å². The Morgan fingerprint density at radius 3 is 1.00 bits per heavy atom. The van der Waals surface area contributed by atoms with E-state index in [4.69, 9.17) is 9.47 Å². The molecule has 1 heterocycles. The third-order valence-corrected chi connectivity index (χ3v) is 15.7. The van der Waals surface area contributed by atoms with E-state index >= 15 is 0 Å². The van der Waals surface area contributed by atoms with Crippen molar-refractivity contribution in [2.24, 2.45) is 0 Å². The molecule has 6 N–H and O–H groups in total. The standard InChI is InChI=1S/C62H123NO8/c1-3-5-7-9-11-13-15-17-19-21-23-24-25-26-27-28-29-30-31-32-34-35-37-39-41-43-45-47-49-51-56(65)55(54-70-62-61(69)60(68)59(67)57(53-64)71-62)63-58(66)52-50-48-46-44-42-40-38-36-33-22-20-18-16-14-12-10-8-6-4-2/h55-57,59-62,64-65,67-69H,3-54H2,1-2H3,(H,63,66). The highest BCUT2D eigenvalue weighted by Gasteiger charge is 2.44. The maximum absolute atomic E-state index is 13.1. The highest BCUT2D eigenvalue weighted by molar-refractivity contribution is 5.76. The first-order chi connectivity index (χ1) is 34.8. The molecule has 1 fully saturated rings. The Morgan fingerprint density at radius 2 is 0.704 bits per heavy atom. The normalized spacial score (nSPS) is 19.1. The summed E-state index contributed by atoms with van der Waals surface area (Å²) in [4.78, 5) is 13.1. The van der Waals surface area contributed by atoms with Crippen LogP contribution in [0.2, 0.25) is 0 Å². The van der Waals surface area contributed by atoms with E-state index in [2.05, 4.69) is 19.2 Å². The van der Waals surface area contributed by atoms with E-state index in [0.717, 1.165) is 38.5 Å². The Bertz CT molecular complexity index is 1080. The van der Waals surface area contributed by atoms with Crippen molar-refractivity contribution in [1.29, 1.82) is 0 Å². The van der Waals surface area contributed by atoms with Crippen molar-refractivity contribution in [3.63, 3.8) is 0 Å². The molecule has 1 amide bonds. The molecule has 0 spiro atoms. The third kappa shape index (κ3) is 42.0. The minimum absolute atomic E-state index is 0.131. The molecule has 0 saturated carbocycles. The summed E-state index contributed by atoms with van der Waals surface area (Å²) in [5.74, 6) is -0.135. The fraction of sp³-hybridized carbons (Fsp3) is 0.984. The van der Waals surface area contributed by atoms with E-state index in [1.165, 1.54) is 270 Å². The Hall–Kier alpha value is -0.810. The summed E-state index contributed by atoms with van der Waals surface area (Å²) in [7, 11) is 0. The molecule has 424 valence electrons. The molecule has 7 atom stereocenters. The van der Waals surface area contributed by atoms with E-state index in [0.29, 0.717) is 12.8 Å². The molecule has 7 unspecified atom stereocenters. The van der Waals surface area contributed by atoms with Gasteiger partial charge >= 0.3 is 0 Å². The number of amides is 1. The molecule has 0 bridgehead atoms. The summed E-state index contributed by atoms with van der Waals surface area (Å²) in [5, 5.41) is 54.8. The van der Waals surface area contributed by atoms with Crippen molar-refractivity contribution in [2.75, 3.05) is 13.2 Å². The quantitative estimate of drug-likeness (QED) is 0.0330. The molecular formula is C62H123NO8. The number of aliphatic hydroxyl groups is 5. The van der Waals surface area contributed by atoms with Gasteiger partial charge in [-0.1, -0.05) is 316 Å². The fourth-order valence-electron chi connectivity index (χ4n) is 10.7. The van der Waals surface area contributed by atoms with Crippen LogP contribution in [0, 0.1) is 0 Å². The number of ether oxygens (including phenoxy) is 2. The van der Waals surface area contributed by atoms with Crippen LogP contribution in [0.4, 0.5) is 0 Å². The largest absolute Gasteiger partial charge is 0.394 e. The molecule has 71 heavy (non-hydrogen) atoms. The van der Waals surface area contributed by atoms with Crippen LogP contribution in [0.3, 0.4) is 0 Å². The van der Waals surface area contributed by atoms with Gasteiger partial charge in [0.2, 0.25) is 5.91 Å². The van der Waals surface area contributed by atoms with Gasteiger partial charge in [-0.15, -0.1) is 0 Å². The van der Waals surface area contributed by atoms with Crippen molar-refractivity contribution >= 4 is 5.91 Å². The van der Waals surface area contributed by atoms with Crippen molar-refractivity contribution < 1.29 is 39.8 Å². The number of unbranched alkanes of at least 4 members (excludes halogenated alkanes) is 46. The Kier molecular flexibility index (Phi) is 50.6. The topological polar surface area (TPSA) is 149 Å². The van der Waals surface area contributed by atoms with Crippen LogP contribution in [0.25, 0.3) is 0 Å². The molecule has 1 saturated heterocycles. The monoisotopic (exact) mass is 1010 g/mol.